The Balaban J connectivity index is 1.95. The highest BCUT2D eigenvalue weighted by molar-refractivity contribution is 7.09. The van der Waals surface area contributed by atoms with Crippen molar-refractivity contribution in [3.05, 3.63) is 58.2 Å². The maximum absolute atomic E-state index is 10.5. The first-order valence-corrected chi connectivity index (χ1v) is 8.93. The largest absolute Gasteiger partial charge is 0.373 e. The van der Waals surface area contributed by atoms with Gasteiger partial charge in [0.25, 0.3) is 0 Å². The summed E-state index contributed by atoms with van der Waals surface area (Å²) >= 11 is 1.35. The number of hydrogen-bond acceptors (Lipinski definition) is 8. The van der Waals surface area contributed by atoms with Crippen molar-refractivity contribution >= 4 is 34.5 Å². The van der Waals surface area contributed by atoms with Gasteiger partial charge in [-0.1, -0.05) is 11.8 Å². The van der Waals surface area contributed by atoms with Crippen LogP contribution in [0.25, 0.3) is 0 Å². The van der Waals surface area contributed by atoms with E-state index in [1.54, 1.807) is 50.0 Å². The molecule has 3 aromatic rings. The number of nitrogens with two attached hydrogens (primary N) is 1. The fraction of sp³-hybridized carbons (Fsp3) is 0.158. The quantitative estimate of drug-likeness (QED) is 0.409. The Morgan fingerprint density at radius 3 is 2.85 bits per heavy atom. The van der Waals surface area contributed by atoms with Crippen molar-refractivity contribution in [2.24, 2.45) is 0 Å². The molecule has 27 heavy (non-hydrogen) atoms. The summed E-state index contributed by atoms with van der Waals surface area (Å²) in [5, 5.41) is 21.7. The van der Waals surface area contributed by atoms with Crippen LogP contribution in [0.15, 0.2) is 42.2 Å². The van der Waals surface area contributed by atoms with E-state index in [1.807, 2.05) is 6.07 Å². The number of thiazole rings is 1. The number of nitrogens with one attached hydrogen (secondary N) is 2. The molecule has 0 saturated carbocycles. The summed E-state index contributed by atoms with van der Waals surface area (Å²) in [4.78, 5) is 12.6. The van der Waals surface area contributed by atoms with Crippen LogP contribution in [0.5, 0.6) is 0 Å². The number of anilines is 3. The molecule has 0 saturated heterocycles. The topological polar surface area (TPSA) is 121 Å². The first kappa shape index (κ1) is 18.5. The average molecular weight is 378 g/mol. The van der Waals surface area contributed by atoms with Crippen LogP contribution in [0.4, 0.5) is 17.5 Å². The Kier molecular flexibility index (Phi) is 5.16. The van der Waals surface area contributed by atoms with Crippen LogP contribution in [0.1, 0.15) is 29.9 Å². The van der Waals surface area contributed by atoms with Crippen LogP contribution in [0.2, 0.25) is 0 Å². The van der Waals surface area contributed by atoms with Gasteiger partial charge < -0.3 is 21.6 Å². The van der Waals surface area contributed by atoms with E-state index in [1.165, 1.54) is 11.3 Å². The van der Waals surface area contributed by atoms with E-state index in [0.717, 1.165) is 0 Å². The molecule has 0 radical (unpaired) electrons. The minimum absolute atomic E-state index is 0.157. The third-order valence-corrected chi connectivity index (χ3v) is 4.71. The highest BCUT2D eigenvalue weighted by Gasteiger charge is 2.21. The lowest BCUT2D eigenvalue weighted by molar-refractivity contribution is 0.126. The maximum atomic E-state index is 10.5. The maximum Gasteiger partial charge on any atom is 0.221 e. The minimum atomic E-state index is -1.29. The molecular weight excluding hydrogens is 360 g/mol. The molecule has 8 heteroatoms. The van der Waals surface area contributed by atoms with Crippen molar-refractivity contribution in [2.75, 3.05) is 11.1 Å². The first-order chi connectivity index (χ1) is 12.8. The van der Waals surface area contributed by atoms with Gasteiger partial charge in [-0.3, -0.25) is 4.98 Å². The van der Waals surface area contributed by atoms with E-state index < -0.39 is 5.60 Å². The number of nitrogen functional groups attached to an aromatic ring is 1. The van der Waals surface area contributed by atoms with Crippen molar-refractivity contribution in [1.82, 2.24) is 15.0 Å². The predicted molar refractivity (Wildman–Crippen MR) is 107 cm³/mol. The van der Waals surface area contributed by atoms with E-state index in [0.29, 0.717) is 33.2 Å². The molecule has 136 valence electrons. The minimum Gasteiger partial charge on any atom is -0.373 e. The van der Waals surface area contributed by atoms with Crippen molar-refractivity contribution in [2.45, 2.75) is 19.4 Å². The van der Waals surface area contributed by atoms with Gasteiger partial charge in [0.2, 0.25) is 5.95 Å². The molecule has 0 amide bonds. The van der Waals surface area contributed by atoms with Gasteiger partial charge in [0, 0.05) is 34.9 Å². The number of hydrogen-bond donors (Lipinski definition) is 4. The number of aliphatic hydroxyl groups is 1. The Morgan fingerprint density at radius 1 is 1.37 bits per heavy atom. The Morgan fingerprint density at radius 2 is 2.19 bits per heavy atom. The molecule has 2 aromatic heterocycles. The molecule has 0 aliphatic carbocycles. The lowest BCUT2D eigenvalue weighted by Crippen LogP contribution is -2.16. The molecule has 3 rings (SSSR count). The molecule has 1 aromatic carbocycles. The summed E-state index contributed by atoms with van der Waals surface area (Å²) in [5.74, 6) is 6.54. The Hall–Kier alpha value is -3.28. The highest BCUT2D eigenvalue weighted by atomic mass is 32.1. The molecule has 0 fully saturated rings. The highest BCUT2D eigenvalue weighted by Crippen LogP contribution is 2.25. The average Bonchev–Trinajstić information content (AvgIpc) is 3.16. The SMILES string of the molecule is CC(=N)c1ccc(C#CC(C)(O)c2cncs2)cc1Nc1ccnc(N)n1. The standard InChI is InChI=1S/C19H18N6OS/c1-12(20)14-4-3-13(5-7-19(2,26)16-10-22-11-27-16)9-15(14)24-17-6-8-23-18(21)25-17/h3-4,6,8-11,20,26H,1-2H3,(H3,21,23,24,25). The van der Waals surface area contributed by atoms with Gasteiger partial charge in [-0.2, -0.15) is 4.98 Å². The molecule has 0 spiro atoms. The fourth-order valence-corrected chi connectivity index (χ4v) is 2.98. The van der Waals surface area contributed by atoms with Crippen molar-refractivity contribution < 1.29 is 5.11 Å². The summed E-state index contributed by atoms with van der Waals surface area (Å²) in [6.45, 7) is 3.33. The van der Waals surface area contributed by atoms with Gasteiger partial charge in [-0.15, -0.1) is 11.3 Å². The second-order valence-electron chi connectivity index (χ2n) is 6.00. The molecule has 0 aliphatic heterocycles. The normalized spacial score (nSPS) is 12.6. The first-order valence-electron chi connectivity index (χ1n) is 8.05. The van der Waals surface area contributed by atoms with Crippen molar-refractivity contribution in [3.8, 4) is 11.8 Å². The summed E-state index contributed by atoms with van der Waals surface area (Å²) in [7, 11) is 0. The number of nitrogens with zero attached hydrogens (tertiary/aromatic N) is 3. The van der Waals surface area contributed by atoms with Crippen LogP contribution in [-0.2, 0) is 5.60 Å². The number of benzene rings is 1. The lowest BCUT2D eigenvalue weighted by Gasteiger charge is -2.13. The smallest absolute Gasteiger partial charge is 0.221 e. The van der Waals surface area contributed by atoms with Gasteiger partial charge in [0.1, 0.15) is 5.82 Å². The summed E-state index contributed by atoms with van der Waals surface area (Å²) in [6, 6.07) is 7.11. The molecule has 0 aliphatic rings. The third-order valence-electron chi connectivity index (χ3n) is 3.72. The monoisotopic (exact) mass is 378 g/mol. The predicted octanol–water partition coefficient (Wildman–Crippen LogP) is 2.91. The fourth-order valence-electron chi connectivity index (χ4n) is 2.35. The van der Waals surface area contributed by atoms with Crippen LogP contribution in [-0.4, -0.2) is 25.8 Å². The van der Waals surface area contributed by atoms with E-state index in [-0.39, 0.29) is 5.95 Å². The van der Waals surface area contributed by atoms with E-state index in [9.17, 15) is 5.11 Å². The van der Waals surface area contributed by atoms with Crippen LogP contribution >= 0.6 is 11.3 Å². The number of rotatable bonds is 4. The molecule has 7 nitrogen and oxygen atoms in total. The van der Waals surface area contributed by atoms with E-state index in [4.69, 9.17) is 11.1 Å². The second kappa shape index (κ2) is 7.53. The summed E-state index contributed by atoms with van der Waals surface area (Å²) in [6.07, 6.45) is 3.16. The molecular formula is C19H18N6OS. The summed E-state index contributed by atoms with van der Waals surface area (Å²) in [5.41, 5.74) is 8.47. The zero-order valence-corrected chi connectivity index (χ0v) is 15.6. The molecule has 0 bridgehead atoms. The molecule has 5 N–H and O–H groups in total. The zero-order chi connectivity index (χ0) is 19.4. The Labute approximate surface area is 160 Å². The van der Waals surface area contributed by atoms with E-state index in [2.05, 4.69) is 32.1 Å². The van der Waals surface area contributed by atoms with Gasteiger partial charge >= 0.3 is 0 Å². The van der Waals surface area contributed by atoms with Crippen molar-refractivity contribution in [1.29, 1.82) is 5.41 Å². The number of aromatic nitrogens is 3. The van der Waals surface area contributed by atoms with Gasteiger partial charge in [-0.05, 0) is 38.1 Å². The third kappa shape index (κ3) is 4.47. The zero-order valence-electron chi connectivity index (χ0n) is 14.8. The summed E-state index contributed by atoms with van der Waals surface area (Å²) < 4.78 is 0. The van der Waals surface area contributed by atoms with Gasteiger partial charge in [-0.25, -0.2) is 4.98 Å². The van der Waals surface area contributed by atoms with Crippen LogP contribution in [0, 0.1) is 17.3 Å². The molecule has 2 heterocycles. The van der Waals surface area contributed by atoms with Crippen molar-refractivity contribution in [3.63, 3.8) is 0 Å². The van der Waals surface area contributed by atoms with Crippen LogP contribution < -0.4 is 11.1 Å². The molecule has 1 unspecified atom stereocenters. The Bertz CT molecular complexity index is 1030. The van der Waals surface area contributed by atoms with Gasteiger partial charge in [0.05, 0.1) is 10.4 Å². The van der Waals surface area contributed by atoms with E-state index >= 15 is 0 Å². The van der Waals surface area contributed by atoms with Gasteiger partial charge in [0.15, 0.2) is 5.60 Å². The second-order valence-corrected chi connectivity index (χ2v) is 6.88. The van der Waals surface area contributed by atoms with Crippen LogP contribution in [0.3, 0.4) is 0 Å². The molecule has 1 atom stereocenters. The lowest BCUT2D eigenvalue weighted by atomic mass is 10.0.